The van der Waals surface area contributed by atoms with Gasteiger partial charge >= 0.3 is 0 Å². The summed E-state index contributed by atoms with van der Waals surface area (Å²) in [4.78, 5) is 9.28. The predicted octanol–water partition coefficient (Wildman–Crippen LogP) is 5.22. The number of rotatable bonds is 4. The van der Waals surface area contributed by atoms with E-state index in [1.165, 1.54) is 12.3 Å². The van der Waals surface area contributed by atoms with Crippen molar-refractivity contribution in [3.8, 4) is 22.9 Å². The molecule has 29 heavy (non-hydrogen) atoms. The molecule has 4 rings (SSSR count). The maximum Gasteiger partial charge on any atom is 0.162 e. The molecule has 3 N–H and O–H groups in total. The SMILES string of the molecule is Cc1c(O)ccc(/C=N\Nc2nc(-c3ccc(Br)cc3)nc3ccccc23)c1O. The number of hydrogen-bond acceptors (Lipinski definition) is 6. The van der Waals surface area contributed by atoms with Crippen molar-refractivity contribution in [2.24, 2.45) is 5.10 Å². The smallest absolute Gasteiger partial charge is 0.162 e. The maximum atomic E-state index is 10.2. The molecule has 0 aliphatic rings. The van der Waals surface area contributed by atoms with Crippen LogP contribution in [0.5, 0.6) is 11.5 Å². The fourth-order valence-electron chi connectivity index (χ4n) is 2.87. The molecule has 0 aliphatic heterocycles. The van der Waals surface area contributed by atoms with Crippen LogP contribution in [0.15, 0.2) is 70.2 Å². The molecule has 0 amide bonds. The van der Waals surface area contributed by atoms with Gasteiger partial charge in [0, 0.05) is 26.5 Å². The average molecular weight is 449 g/mol. The molecule has 1 aromatic heterocycles. The lowest BCUT2D eigenvalue weighted by Crippen LogP contribution is -1.99. The standard InChI is InChI=1S/C22H17BrN4O2/c1-13-19(28)11-8-15(20(13)29)12-24-27-22-17-4-2-3-5-18(17)25-21(26-22)14-6-9-16(23)10-7-14/h2-12,28-29H,1H3,(H,25,26,27)/b24-12-. The first kappa shape index (κ1) is 18.9. The van der Waals surface area contributed by atoms with Crippen molar-refractivity contribution in [3.63, 3.8) is 0 Å². The Bertz CT molecular complexity index is 1220. The number of phenolic OH excluding ortho intramolecular Hbond substituents is 2. The number of aromatic nitrogens is 2. The van der Waals surface area contributed by atoms with Crippen LogP contribution in [-0.2, 0) is 0 Å². The van der Waals surface area contributed by atoms with Gasteiger partial charge in [0.2, 0.25) is 0 Å². The summed E-state index contributed by atoms with van der Waals surface area (Å²) in [7, 11) is 0. The Morgan fingerprint density at radius 1 is 0.966 bits per heavy atom. The van der Waals surface area contributed by atoms with Gasteiger partial charge in [-0.3, -0.25) is 5.43 Å². The van der Waals surface area contributed by atoms with Crippen molar-refractivity contribution in [1.29, 1.82) is 0 Å². The number of aromatic hydroxyl groups is 2. The highest BCUT2D eigenvalue weighted by Gasteiger charge is 2.10. The molecule has 0 spiro atoms. The van der Waals surface area contributed by atoms with E-state index in [9.17, 15) is 10.2 Å². The third-order valence-electron chi connectivity index (χ3n) is 4.51. The van der Waals surface area contributed by atoms with Crippen LogP contribution >= 0.6 is 15.9 Å². The van der Waals surface area contributed by atoms with Gasteiger partial charge in [-0.1, -0.05) is 40.2 Å². The van der Waals surface area contributed by atoms with E-state index in [4.69, 9.17) is 0 Å². The quantitative estimate of drug-likeness (QED) is 0.293. The van der Waals surface area contributed by atoms with Crippen LogP contribution < -0.4 is 5.43 Å². The fourth-order valence-corrected chi connectivity index (χ4v) is 3.13. The summed E-state index contributed by atoms with van der Waals surface area (Å²) in [6.45, 7) is 1.64. The number of hydrogen-bond donors (Lipinski definition) is 3. The first-order valence-corrected chi connectivity index (χ1v) is 9.65. The van der Waals surface area contributed by atoms with Crippen LogP contribution in [0, 0.1) is 6.92 Å². The van der Waals surface area contributed by atoms with Gasteiger partial charge in [-0.25, -0.2) is 9.97 Å². The molecule has 0 aliphatic carbocycles. The van der Waals surface area contributed by atoms with E-state index >= 15 is 0 Å². The molecule has 0 saturated carbocycles. The molecule has 0 saturated heterocycles. The zero-order chi connectivity index (χ0) is 20.4. The van der Waals surface area contributed by atoms with Crippen LogP contribution in [-0.4, -0.2) is 26.4 Å². The third kappa shape index (κ3) is 3.90. The van der Waals surface area contributed by atoms with Crippen molar-refractivity contribution in [1.82, 2.24) is 9.97 Å². The fraction of sp³-hybridized carbons (Fsp3) is 0.0455. The second-order valence-corrected chi connectivity index (χ2v) is 7.35. The van der Waals surface area contributed by atoms with Gasteiger partial charge < -0.3 is 10.2 Å². The van der Waals surface area contributed by atoms with Gasteiger partial charge in [0.15, 0.2) is 11.6 Å². The second kappa shape index (κ2) is 7.89. The first-order chi connectivity index (χ1) is 14.0. The van der Waals surface area contributed by atoms with E-state index in [0.717, 1.165) is 20.9 Å². The second-order valence-electron chi connectivity index (χ2n) is 6.44. The van der Waals surface area contributed by atoms with Crippen LogP contribution in [0.25, 0.3) is 22.3 Å². The number of fused-ring (bicyclic) bond motifs is 1. The summed E-state index contributed by atoms with van der Waals surface area (Å²) in [6.07, 6.45) is 1.48. The molecule has 0 atom stereocenters. The number of halogens is 1. The molecule has 3 aromatic carbocycles. The van der Waals surface area contributed by atoms with Gasteiger partial charge in [0.1, 0.15) is 11.5 Å². The molecule has 7 heteroatoms. The monoisotopic (exact) mass is 448 g/mol. The highest BCUT2D eigenvalue weighted by Crippen LogP contribution is 2.29. The lowest BCUT2D eigenvalue weighted by Gasteiger charge is -2.09. The zero-order valence-electron chi connectivity index (χ0n) is 15.5. The van der Waals surface area contributed by atoms with Crippen molar-refractivity contribution in [3.05, 3.63) is 76.3 Å². The Morgan fingerprint density at radius 2 is 1.72 bits per heavy atom. The van der Waals surface area contributed by atoms with Crippen molar-refractivity contribution in [2.45, 2.75) is 6.92 Å². The van der Waals surface area contributed by atoms with Crippen LogP contribution in [0.4, 0.5) is 5.82 Å². The number of anilines is 1. The minimum absolute atomic E-state index is 0.0151. The van der Waals surface area contributed by atoms with E-state index in [0.29, 0.717) is 22.8 Å². The Hall–Kier alpha value is -3.45. The van der Waals surface area contributed by atoms with E-state index in [2.05, 4.69) is 36.4 Å². The van der Waals surface area contributed by atoms with Gasteiger partial charge in [0.25, 0.3) is 0 Å². The predicted molar refractivity (Wildman–Crippen MR) is 118 cm³/mol. The minimum Gasteiger partial charge on any atom is -0.508 e. The van der Waals surface area contributed by atoms with Crippen molar-refractivity contribution >= 4 is 38.9 Å². The number of para-hydroxylation sites is 1. The van der Waals surface area contributed by atoms with Gasteiger partial charge in [-0.2, -0.15) is 5.10 Å². The third-order valence-corrected chi connectivity index (χ3v) is 5.04. The van der Waals surface area contributed by atoms with Crippen LogP contribution in [0.2, 0.25) is 0 Å². The molecule has 0 radical (unpaired) electrons. The van der Waals surface area contributed by atoms with Crippen LogP contribution in [0.1, 0.15) is 11.1 Å². The lowest BCUT2D eigenvalue weighted by atomic mass is 10.1. The molecular formula is C22H17BrN4O2. The summed E-state index contributed by atoms with van der Waals surface area (Å²) in [6, 6.07) is 18.5. The highest BCUT2D eigenvalue weighted by molar-refractivity contribution is 9.10. The average Bonchev–Trinajstić information content (AvgIpc) is 2.74. The molecule has 4 aromatic rings. The largest absolute Gasteiger partial charge is 0.508 e. The summed E-state index contributed by atoms with van der Waals surface area (Å²) in [5.74, 6) is 1.16. The Labute approximate surface area is 175 Å². The first-order valence-electron chi connectivity index (χ1n) is 8.86. The molecule has 144 valence electrons. The number of phenols is 2. The lowest BCUT2D eigenvalue weighted by molar-refractivity contribution is 0.442. The van der Waals surface area contributed by atoms with Gasteiger partial charge in [-0.05, 0) is 43.3 Å². The Balaban J connectivity index is 1.71. The van der Waals surface area contributed by atoms with Crippen LogP contribution in [0.3, 0.4) is 0 Å². The van der Waals surface area contributed by atoms with Crippen molar-refractivity contribution in [2.75, 3.05) is 5.43 Å². The van der Waals surface area contributed by atoms with E-state index < -0.39 is 0 Å². The van der Waals surface area contributed by atoms with Gasteiger partial charge in [0.05, 0.1) is 11.7 Å². The van der Waals surface area contributed by atoms with E-state index in [-0.39, 0.29) is 11.5 Å². The zero-order valence-corrected chi connectivity index (χ0v) is 17.1. The number of nitrogens with one attached hydrogen (secondary N) is 1. The Kier molecular flexibility index (Phi) is 5.14. The molecule has 1 heterocycles. The molecule has 6 nitrogen and oxygen atoms in total. The summed E-state index contributed by atoms with van der Waals surface area (Å²) >= 11 is 3.44. The summed E-state index contributed by atoms with van der Waals surface area (Å²) in [5.41, 5.74) is 5.52. The highest BCUT2D eigenvalue weighted by atomic mass is 79.9. The molecule has 0 unspecified atom stereocenters. The molecule has 0 bridgehead atoms. The summed E-state index contributed by atoms with van der Waals surface area (Å²) < 4.78 is 0.981. The Morgan fingerprint density at radius 3 is 2.52 bits per heavy atom. The van der Waals surface area contributed by atoms with Gasteiger partial charge in [-0.15, -0.1) is 0 Å². The normalized spacial score (nSPS) is 11.2. The van der Waals surface area contributed by atoms with E-state index in [1.54, 1.807) is 13.0 Å². The van der Waals surface area contributed by atoms with Crippen molar-refractivity contribution < 1.29 is 10.2 Å². The van der Waals surface area contributed by atoms with E-state index in [1.807, 2.05) is 48.5 Å². The number of hydrazone groups is 1. The molecule has 0 fully saturated rings. The topological polar surface area (TPSA) is 90.6 Å². The minimum atomic E-state index is -0.0151. The summed E-state index contributed by atoms with van der Waals surface area (Å²) in [5, 5.41) is 24.9. The maximum absolute atomic E-state index is 10.2. The number of nitrogens with zero attached hydrogens (tertiary/aromatic N) is 3. The molecular weight excluding hydrogens is 432 g/mol. The number of benzene rings is 3.